The van der Waals surface area contributed by atoms with Crippen LogP contribution >= 0.6 is 0 Å². The molecule has 1 aliphatic heterocycles. The van der Waals surface area contributed by atoms with Crippen molar-refractivity contribution in [1.29, 1.82) is 0 Å². The molecule has 0 radical (unpaired) electrons. The summed E-state index contributed by atoms with van der Waals surface area (Å²) in [7, 11) is 0. The van der Waals surface area contributed by atoms with Gasteiger partial charge in [-0.2, -0.15) is 0 Å². The molecule has 3 rings (SSSR count). The maximum absolute atomic E-state index is 6.11. The van der Waals surface area contributed by atoms with E-state index in [2.05, 4.69) is 12.2 Å². The van der Waals surface area contributed by atoms with Crippen LogP contribution in [-0.2, 0) is 4.74 Å². The van der Waals surface area contributed by atoms with E-state index >= 15 is 0 Å². The highest BCUT2D eigenvalue weighted by molar-refractivity contribution is 4.97. The molecule has 0 bridgehead atoms. The lowest BCUT2D eigenvalue weighted by Gasteiger charge is -2.49. The molecule has 110 valence electrons. The predicted molar refractivity (Wildman–Crippen MR) is 79.2 cm³/mol. The van der Waals surface area contributed by atoms with Crippen LogP contribution < -0.4 is 5.32 Å². The lowest BCUT2D eigenvalue weighted by atomic mass is 9.67. The second kappa shape index (κ2) is 6.13. The first-order chi connectivity index (χ1) is 9.33. The molecule has 1 spiro atoms. The SMILES string of the molecule is CCCNCC1CCCC1C1CCOC2(CCC2)C1. The first-order valence-electron chi connectivity index (χ1n) is 8.68. The zero-order valence-corrected chi connectivity index (χ0v) is 12.6. The molecule has 3 atom stereocenters. The third-order valence-electron chi connectivity index (χ3n) is 5.95. The maximum atomic E-state index is 6.11. The summed E-state index contributed by atoms with van der Waals surface area (Å²) in [5.41, 5.74) is 0.340. The van der Waals surface area contributed by atoms with Gasteiger partial charge in [0.25, 0.3) is 0 Å². The van der Waals surface area contributed by atoms with Crippen LogP contribution in [0.25, 0.3) is 0 Å². The van der Waals surface area contributed by atoms with Crippen molar-refractivity contribution in [3.8, 4) is 0 Å². The second-order valence-electron chi connectivity index (χ2n) is 7.20. The molecule has 3 fully saturated rings. The number of ether oxygens (including phenoxy) is 1. The summed E-state index contributed by atoms with van der Waals surface area (Å²) in [6.07, 6.45) is 12.5. The molecule has 19 heavy (non-hydrogen) atoms. The van der Waals surface area contributed by atoms with E-state index in [1.165, 1.54) is 70.9 Å². The van der Waals surface area contributed by atoms with E-state index in [9.17, 15) is 0 Å². The molecular weight excluding hydrogens is 234 g/mol. The van der Waals surface area contributed by atoms with Crippen molar-refractivity contribution in [3.63, 3.8) is 0 Å². The average molecular weight is 265 g/mol. The highest BCUT2D eigenvalue weighted by atomic mass is 16.5. The molecule has 0 aromatic carbocycles. The summed E-state index contributed by atoms with van der Waals surface area (Å²) in [6, 6.07) is 0. The van der Waals surface area contributed by atoms with Gasteiger partial charge in [-0.05, 0) is 82.2 Å². The lowest BCUT2D eigenvalue weighted by Crippen LogP contribution is -2.47. The summed E-state index contributed by atoms with van der Waals surface area (Å²) in [5, 5.41) is 3.66. The first kappa shape index (κ1) is 13.9. The Morgan fingerprint density at radius 3 is 2.79 bits per heavy atom. The fourth-order valence-corrected chi connectivity index (χ4v) is 4.75. The minimum absolute atomic E-state index is 0.340. The molecular formula is C17H31NO. The molecule has 1 N–H and O–H groups in total. The van der Waals surface area contributed by atoms with Gasteiger partial charge in [0.2, 0.25) is 0 Å². The third kappa shape index (κ3) is 3.00. The van der Waals surface area contributed by atoms with Gasteiger partial charge in [0.05, 0.1) is 5.60 Å². The van der Waals surface area contributed by atoms with Crippen LogP contribution in [0.4, 0.5) is 0 Å². The predicted octanol–water partition coefficient (Wildman–Crippen LogP) is 3.75. The maximum Gasteiger partial charge on any atom is 0.0685 e. The van der Waals surface area contributed by atoms with Gasteiger partial charge < -0.3 is 10.1 Å². The van der Waals surface area contributed by atoms with Crippen molar-refractivity contribution < 1.29 is 4.74 Å². The highest BCUT2D eigenvalue weighted by Gasteiger charge is 2.46. The summed E-state index contributed by atoms with van der Waals surface area (Å²) in [6.45, 7) is 5.76. The van der Waals surface area contributed by atoms with Gasteiger partial charge in [0.1, 0.15) is 0 Å². The van der Waals surface area contributed by atoms with Crippen LogP contribution in [0.3, 0.4) is 0 Å². The molecule has 0 aromatic rings. The molecule has 3 unspecified atom stereocenters. The number of nitrogens with one attached hydrogen (secondary N) is 1. The van der Waals surface area contributed by atoms with Crippen molar-refractivity contribution in [2.24, 2.45) is 17.8 Å². The van der Waals surface area contributed by atoms with Crippen LogP contribution in [0.2, 0.25) is 0 Å². The minimum atomic E-state index is 0.340. The van der Waals surface area contributed by atoms with Crippen molar-refractivity contribution >= 4 is 0 Å². The number of rotatable bonds is 5. The largest absolute Gasteiger partial charge is 0.375 e. The van der Waals surface area contributed by atoms with Crippen LogP contribution in [0, 0.1) is 17.8 Å². The van der Waals surface area contributed by atoms with Gasteiger partial charge in [0.15, 0.2) is 0 Å². The van der Waals surface area contributed by atoms with Crippen molar-refractivity contribution in [1.82, 2.24) is 5.32 Å². The van der Waals surface area contributed by atoms with Gasteiger partial charge in [-0.15, -0.1) is 0 Å². The van der Waals surface area contributed by atoms with E-state index in [1.54, 1.807) is 0 Å². The molecule has 2 nitrogen and oxygen atoms in total. The van der Waals surface area contributed by atoms with Gasteiger partial charge >= 0.3 is 0 Å². The minimum Gasteiger partial charge on any atom is -0.375 e. The number of hydrogen-bond acceptors (Lipinski definition) is 2. The highest BCUT2D eigenvalue weighted by Crippen LogP contribution is 2.49. The fraction of sp³-hybridized carbons (Fsp3) is 1.00. The Morgan fingerprint density at radius 2 is 2.05 bits per heavy atom. The Balaban J connectivity index is 1.54. The molecule has 2 aliphatic carbocycles. The van der Waals surface area contributed by atoms with E-state index < -0.39 is 0 Å². The van der Waals surface area contributed by atoms with Crippen molar-refractivity contribution in [2.45, 2.75) is 70.3 Å². The van der Waals surface area contributed by atoms with Gasteiger partial charge in [0, 0.05) is 6.61 Å². The van der Waals surface area contributed by atoms with Crippen molar-refractivity contribution in [2.75, 3.05) is 19.7 Å². The zero-order valence-electron chi connectivity index (χ0n) is 12.6. The summed E-state index contributed by atoms with van der Waals surface area (Å²) in [5.74, 6) is 2.91. The zero-order chi connectivity index (χ0) is 13.1. The van der Waals surface area contributed by atoms with E-state index in [-0.39, 0.29) is 0 Å². The molecule has 2 saturated carbocycles. The van der Waals surface area contributed by atoms with Crippen LogP contribution in [-0.4, -0.2) is 25.3 Å². The topological polar surface area (TPSA) is 21.3 Å². The number of hydrogen-bond donors (Lipinski definition) is 1. The van der Waals surface area contributed by atoms with Gasteiger partial charge in [-0.1, -0.05) is 13.3 Å². The van der Waals surface area contributed by atoms with E-state index in [1.807, 2.05) is 0 Å². The van der Waals surface area contributed by atoms with Crippen molar-refractivity contribution in [3.05, 3.63) is 0 Å². The average Bonchev–Trinajstić information content (AvgIpc) is 2.86. The quantitative estimate of drug-likeness (QED) is 0.764. The van der Waals surface area contributed by atoms with Crippen LogP contribution in [0.15, 0.2) is 0 Å². The van der Waals surface area contributed by atoms with Crippen LogP contribution in [0.1, 0.15) is 64.7 Å². The molecule has 2 heteroatoms. The third-order valence-corrected chi connectivity index (χ3v) is 5.95. The van der Waals surface area contributed by atoms with E-state index in [0.29, 0.717) is 5.60 Å². The summed E-state index contributed by atoms with van der Waals surface area (Å²) >= 11 is 0. The molecule has 3 aliphatic rings. The molecule has 0 amide bonds. The Labute approximate surface area is 118 Å². The summed E-state index contributed by atoms with van der Waals surface area (Å²) < 4.78 is 6.11. The van der Waals surface area contributed by atoms with Crippen LogP contribution in [0.5, 0.6) is 0 Å². The lowest BCUT2D eigenvalue weighted by molar-refractivity contribution is -0.151. The summed E-state index contributed by atoms with van der Waals surface area (Å²) in [4.78, 5) is 0. The smallest absolute Gasteiger partial charge is 0.0685 e. The Kier molecular flexibility index (Phi) is 4.48. The Bertz CT molecular complexity index is 287. The molecule has 1 heterocycles. The normalized spacial score (nSPS) is 37.4. The van der Waals surface area contributed by atoms with Gasteiger partial charge in [-0.3, -0.25) is 0 Å². The van der Waals surface area contributed by atoms with E-state index in [0.717, 1.165) is 24.4 Å². The standard InChI is InChI=1S/C17H31NO/c1-2-10-18-13-15-5-3-6-16(15)14-7-11-19-17(12-14)8-4-9-17/h14-16,18H,2-13H2,1H3. The Hall–Kier alpha value is -0.0800. The fourth-order valence-electron chi connectivity index (χ4n) is 4.75. The molecule has 0 aromatic heterocycles. The van der Waals surface area contributed by atoms with E-state index in [4.69, 9.17) is 4.74 Å². The second-order valence-corrected chi connectivity index (χ2v) is 7.20. The van der Waals surface area contributed by atoms with Gasteiger partial charge in [-0.25, -0.2) is 0 Å². The molecule has 1 saturated heterocycles. The monoisotopic (exact) mass is 265 g/mol. The Morgan fingerprint density at radius 1 is 1.16 bits per heavy atom. The first-order valence-corrected chi connectivity index (χ1v) is 8.68.